The summed E-state index contributed by atoms with van der Waals surface area (Å²) in [5, 5.41) is 29.3. The van der Waals surface area contributed by atoms with Crippen molar-refractivity contribution in [2.24, 2.45) is 0 Å². The molecule has 0 saturated carbocycles. The zero-order chi connectivity index (χ0) is 18.0. The second-order valence-corrected chi connectivity index (χ2v) is 6.29. The zero-order valence-electron chi connectivity index (χ0n) is 15.1. The number of hydrogen-bond acceptors (Lipinski definition) is 3. The smallest absolute Gasteiger partial charge is 0.405 e. The molecule has 0 aromatic rings. The van der Waals surface area contributed by atoms with Gasteiger partial charge in [0.15, 0.2) is 0 Å². The van der Waals surface area contributed by atoms with Crippen molar-refractivity contribution >= 4 is 6.09 Å². The van der Waals surface area contributed by atoms with E-state index < -0.39 is 24.8 Å². The maximum absolute atomic E-state index is 10.5. The van der Waals surface area contributed by atoms with E-state index in [9.17, 15) is 9.90 Å². The van der Waals surface area contributed by atoms with Crippen molar-refractivity contribution in [2.45, 2.75) is 96.1 Å². The summed E-state index contributed by atoms with van der Waals surface area (Å²) < 4.78 is 0. The lowest BCUT2D eigenvalue weighted by molar-refractivity contribution is 0.120. The van der Waals surface area contributed by atoms with Crippen LogP contribution in [0.2, 0.25) is 0 Å². The summed E-state index contributed by atoms with van der Waals surface area (Å²) in [5.74, 6) is 5.45. The van der Waals surface area contributed by atoms with E-state index in [-0.39, 0.29) is 0 Å². The Balaban J connectivity index is 3.51. The number of aliphatic hydroxyl groups excluding tert-OH is 2. The van der Waals surface area contributed by atoms with E-state index in [2.05, 4.69) is 18.8 Å². The first-order chi connectivity index (χ1) is 11.6. The standard InChI is InChI=1S/C19H35NO4/c1-2-3-4-5-6-7-8-9-10-11-12-13-14-15-18(22)17(16-21)20-19(23)24/h17-18,20-22H,2-13,16H2,1H3,(H,23,24)/t17?,18-/m1/s1. The van der Waals surface area contributed by atoms with Gasteiger partial charge in [0.2, 0.25) is 0 Å². The van der Waals surface area contributed by atoms with E-state index in [0.29, 0.717) is 6.42 Å². The zero-order valence-corrected chi connectivity index (χ0v) is 15.1. The van der Waals surface area contributed by atoms with Crippen LogP contribution in [0.4, 0.5) is 4.79 Å². The fourth-order valence-corrected chi connectivity index (χ4v) is 2.54. The normalized spacial score (nSPS) is 13.0. The van der Waals surface area contributed by atoms with Crippen molar-refractivity contribution in [1.82, 2.24) is 5.32 Å². The van der Waals surface area contributed by atoms with Crippen LogP contribution in [0.1, 0.15) is 84.0 Å². The van der Waals surface area contributed by atoms with Gasteiger partial charge in [-0.2, -0.15) is 0 Å². The number of carboxylic acid groups (broad SMARTS) is 1. The third-order valence-electron chi connectivity index (χ3n) is 4.04. The molecule has 1 amide bonds. The molecule has 24 heavy (non-hydrogen) atoms. The Morgan fingerprint density at radius 2 is 1.46 bits per heavy atom. The Morgan fingerprint density at radius 1 is 0.958 bits per heavy atom. The second kappa shape index (κ2) is 16.6. The average molecular weight is 341 g/mol. The number of unbranched alkanes of at least 4 members (excludes halogenated alkanes) is 11. The average Bonchev–Trinajstić information content (AvgIpc) is 2.56. The fourth-order valence-electron chi connectivity index (χ4n) is 2.54. The van der Waals surface area contributed by atoms with Crippen molar-refractivity contribution < 1.29 is 20.1 Å². The van der Waals surface area contributed by atoms with Gasteiger partial charge in [-0.3, -0.25) is 0 Å². The van der Waals surface area contributed by atoms with Crippen LogP contribution >= 0.6 is 0 Å². The van der Waals surface area contributed by atoms with Crippen LogP contribution in [0, 0.1) is 11.8 Å². The molecule has 4 N–H and O–H groups in total. The number of rotatable bonds is 14. The van der Waals surface area contributed by atoms with Crippen LogP contribution in [-0.2, 0) is 0 Å². The van der Waals surface area contributed by atoms with Gasteiger partial charge in [-0.15, -0.1) is 5.92 Å². The molecule has 140 valence electrons. The van der Waals surface area contributed by atoms with E-state index in [1.54, 1.807) is 0 Å². The van der Waals surface area contributed by atoms with Crippen LogP contribution in [0.3, 0.4) is 0 Å². The number of carbonyl (C=O) groups is 1. The van der Waals surface area contributed by atoms with Gasteiger partial charge in [-0.25, -0.2) is 4.79 Å². The highest BCUT2D eigenvalue weighted by Gasteiger charge is 2.17. The maximum atomic E-state index is 10.5. The molecule has 0 aliphatic rings. The Hall–Kier alpha value is -1.25. The van der Waals surface area contributed by atoms with Crippen LogP contribution in [-0.4, -0.2) is 40.2 Å². The molecule has 2 atom stereocenters. The lowest BCUT2D eigenvalue weighted by atomic mass is 10.1. The molecular formula is C19H35NO4. The first-order valence-electron chi connectivity index (χ1n) is 9.38. The van der Waals surface area contributed by atoms with Crippen LogP contribution in [0.15, 0.2) is 0 Å². The van der Waals surface area contributed by atoms with E-state index in [4.69, 9.17) is 10.2 Å². The molecule has 0 aromatic heterocycles. The van der Waals surface area contributed by atoms with Gasteiger partial charge >= 0.3 is 6.09 Å². The molecule has 0 heterocycles. The third kappa shape index (κ3) is 14.3. The number of hydrogen-bond donors (Lipinski definition) is 4. The van der Waals surface area contributed by atoms with Gasteiger partial charge in [0.1, 0.15) is 6.10 Å². The van der Waals surface area contributed by atoms with Crippen molar-refractivity contribution in [1.29, 1.82) is 0 Å². The third-order valence-corrected chi connectivity index (χ3v) is 4.04. The summed E-state index contributed by atoms with van der Waals surface area (Å²) in [5.41, 5.74) is 0. The molecule has 0 aliphatic carbocycles. The molecule has 1 unspecified atom stereocenters. The van der Waals surface area contributed by atoms with Crippen molar-refractivity contribution in [2.75, 3.05) is 6.61 Å². The molecular weight excluding hydrogens is 306 g/mol. The molecule has 0 aromatic carbocycles. The van der Waals surface area contributed by atoms with Crippen LogP contribution < -0.4 is 5.32 Å². The Labute approximate surface area is 146 Å². The quantitative estimate of drug-likeness (QED) is 0.287. The highest BCUT2D eigenvalue weighted by molar-refractivity contribution is 5.65. The van der Waals surface area contributed by atoms with Crippen molar-refractivity contribution in [3.05, 3.63) is 0 Å². The molecule has 0 fully saturated rings. The van der Waals surface area contributed by atoms with Gasteiger partial charge < -0.3 is 20.6 Å². The number of amides is 1. The topological polar surface area (TPSA) is 89.8 Å². The van der Waals surface area contributed by atoms with E-state index >= 15 is 0 Å². The summed E-state index contributed by atoms with van der Waals surface area (Å²) in [6, 6.07) is -0.952. The largest absolute Gasteiger partial charge is 0.465 e. The number of aliphatic hydroxyl groups is 2. The Morgan fingerprint density at radius 3 is 1.92 bits per heavy atom. The van der Waals surface area contributed by atoms with Gasteiger partial charge in [-0.05, 0) is 6.42 Å². The molecule has 0 saturated heterocycles. The highest BCUT2D eigenvalue weighted by atomic mass is 16.4. The van der Waals surface area contributed by atoms with E-state index in [0.717, 1.165) is 12.8 Å². The lowest BCUT2D eigenvalue weighted by Crippen LogP contribution is -2.44. The summed E-state index contributed by atoms with van der Waals surface area (Å²) in [6.07, 6.45) is 12.3. The molecule has 0 spiro atoms. The van der Waals surface area contributed by atoms with Gasteiger partial charge in [0, 0.05) is 6.42 Å². The summed E-state index contributed by atoms with van der Waals surface area (Å²) >= 11 is 0. The van der Waals surface area contributed by atoms with E-state index in [1.807, 2.05) is 5.32 Å². The van der Waals surface area contributed by atoms with Crippen LogP contribution in [0.5, 0.6) is 0 Å². The summed E-state index contributed by atoms with van der Waals surface area (Å²) in [4.78, 5) is 10.5. The lowest BCUT2D eigenvalue weighted by Gasteiger charge is -2.15. The predicted octanol–water partition coefficient (Wildman–Crippen LogP) is 3.68. The van der Waals surface area contributed by atoms with Crippen LogP contribution in [0.25, 0.3) is 0 Å². The number of nitrogens with one attached hydrogen (secondary N) is 1. The van der Waals surface area contributed by atoms with Gasteiger partial charge in [0.25, 0.3) is 0 Å². The van der Waals surface area contributed by atoms with Gasteiger partial charge in [0.05, 0.1) is 12.6 Å². The Kier molecular flexibility index (Phi) is 15.7. The van der Waals surface area contributed by atoms with Crippen molar-refractivity contribution in [3.8, 4) is 11.8 Å². The SMILES string of the molecule is CCCCCCCCCCCCCC#C[C@@H](O)C(CO)NC(=O)O. The molecule has 5 nitrogen and oxygen atoms in total. The first-order valence-corrected chi connectivity index (χ1v) is 9.38. The summed E-state index contributed by atoms with van der Waals surface area (Å²) in [6.45, 7) is 1.77. The minimum absolute atomic E-state index is 0.472. The Bertz CT molecular complexity index is 362. The molecule has 0 bridgehead atoms. The second-order valence-electron chi connectivity index (χ2n) is 6.29. The monoisotopic (exact) mass is 341 g/mol. The highest BCUT2D eigenvalue weighted by Crippen LogP contribution is 2.11. The molecule has 0 radical (unpaired) electrons. The summed E-state index contributed by atoms with van der Waals surface area (Å²) in [7, 11) is 0. The van der Waals surface area contributed by atoms with Gasteiger partial charge in [-0.1, -0.05) is 77.1 Å². The minimum atomic E-state index is -1.28. The predicted molar refractivity (Wildman–Crippen MR) is 96.9 cm³/mol. The molecule has 0 rings (SSSR count). The molecule has 5 heteroatoms. The maximum Gasteiger partial charge on any atom is 0.405 e. The minimum Gasteiger partial charge on any atom is -0.465 e. The molecule has 0 aliphatic heterocycles. The first kappa shape index (κ1) is 22.8. The van der Waals surface area contributed by atoms with E-state index in [1.165, 1.54) is 57.8 Å². The fraction of sp³-hybridized carbons (Fsp3) is 0.842. The van der Waals surface area contributed by atoms with Crippen molar-refractivity contribution in [3.63, 3.8) is 0 Å².